The van der Waals surface area contributed by atoms with Crippen LogP contribution in [0.5, 0.6) is 17.2 Å². The topological polar surface area (TPSA) is 51.2 Å². The van der Waals surface area contributed by atoms with E-state index in [2.05, 4.69) is 17.0 Å². The zero-order valence-corrected chi connectivity index (χ0v) is 12.5. The van der Waals surface area contributed by atoms with Gasteiger partial charge in [0.1, 0.15) is 0 Å². The first kappa shape index (κ1) is 12.8. The van der Waals surface area contributed by atoms with Crippen LogP contribution in [0.25, 0.3) is 0 Å². The number of nitrogens with zero attached hydrogens (tertiary/aromatic N) is 1. The second-order valence-corrected chi connectivity index (χ2v) is 6.56. The Balaban J connectivity index is 1.80. The summed E-state index contributed by atoms with van der Waals surface area (Å²) in [5.74, 6) is 2.22. The Hall–Kier alpha value is -1.72. The number of methoxy groups -OCH3 is 1. The quantitative estimate of drug-likeness (QED) is 0.798. The highest BCUT2D eigenvalue weighted by Crippen LogP contribution is 2.57. The molecule has 3 aliphatic heterocycles. The molecule has 0 amide bonds. The van der Waals surface area contributed by atoms with Gasteiger partial charge in [-0.1, -0.05) is 12.2 Å². The molecule has 1 unspecified atom stereocenters. The maximum Gasteiger partial charge on any atom is 0.231 e. The van der Waals surface area contributed by atoms with E-state index in [9.17, 15) is 5.11 Å². The zero-order valence-electron chi connectivity index (χ0n) is 12.5. The maximum atomic E-state index is 10.8. The molecule has 1 N–H and O–H groups in total. The van der Waals surface area contributed by atoms with Crippen LogP contribution in [0.3, 0.4) is 0 Å². The van der Waals surface area contributed by atoms with Gasteiger partial charge < -0.3 is 19.3 Å². The van der Waals surface area contributed by atoms with Crippen molar-refractivity contribution in [1.82, 2.24) is 4.90 Å². The third kappa shape index (κ3) is 1.32. The SMILES string of the molecule is COc1c2c(cc3c1OCO3)[C@@]13CCN(C2)[C@@H]1CC=C[C@H]3O. The second-order valence-electron chi connectivity index (χ2n) is 6.56. The summed E-state index contributed by atoms with van der Waals surface area (Å²) in [6.07, 6.45) is 5.57. The first-order valence-corrected chi connectivity index (χ1v) is 7.84. The van der Waals surface area contributed by atoms with E-state index >= 15 is 0 Å². The van der Waals surface area contributed by atoms with Gasteiger partial charge in [0, 0.05) is 23.6 Å². The molecule has 0 saturated carbocycles. The summed E-state index contributed by atoms with van der Waals surface area (Å²) in [5.41, 5.74) is 2.09. The van der Waals surface area contributed by atoms with Crippen molar-refractivity contribution < 1.29 is 19.3 Å². The van der Waals surface area contributed by atoms with Crippen LogP contribution in [0.15, 0.2) is 18.2 Å². The van der Waals surface area contributed by atoms with Gasteiger partial charge in [-0.3, -0.25) is 4.90 Å². The summed E-state index contributed by atoms with van der Waals surface area (Å²) in [5, 5.41) is 10.8. The van der Waals surface area contributed by atoms with Crippen LogP contribution < -0.4 is 14.2 Å². The summed E-state index contributed by atoms with van der Waals surface area (Å²) in [6.45, 7) is 2.09. The van der Waals surface area contributed by atoms with E-state index in [0.717, 1.165) is 43.0 Å². The largest absolute Gasteiger partial charge is 0.492 e. The first-order chi connectivity index (χ1) is 10.8. The number of aliphatic hydroxyl groups is 1. The third-order valence-corrected chi connectivity index (χ3v) is 5.84. The molecule has 4 atom stereocenters. The van der Waals surface area contributed by atoms with Crippen molar-refractivity contribution in [3.8, 4) is 17.2 Å². The second kappa shape index (κ2) is 4.18. The predicted molar refractivity (Wildman–Crippen MR) is 79.4 cm³/mol. The molecule has 5 nitrogen and oxygen atoms in total. The van der Waals surface area contributed by atoms with Crippen LogP contribution in [0.4, 0.5) is 0 Å². The fourth-order valence-corrected chi connectivity index (χ4v) is 4.89. The molecule has 116 valence electrons. The Labute approximate surface area is 129 Å². The van der Waals surface area contributed by atoms with Crippen molar-refractivity contribution in [3.05, 3.63) is 29.3 Å². The van der Waals surface area contributed by atoms with Gasteiger partial charge in [0.25, 0.3) is 0 Å². The number of fused-ring (bicyclic) bond motifs is 2. The summed E-state index contributed by atoms with van der Waals surface area (Å²) in [4.78, 5) is 2.47. The molecule has 5 heteroatoms. The van der Waals surface area contributed by atoms with E-state index in [-0.39, 0.29) is 12.2 Å². The van der Waals surface area contributed by atoms with Gasteiger partial charge in [0.05, 0.1) is 13.2 Å². The smallest absolute Gasteiger partial charge is 0.231 e. The fourth-order valence-electron chi connectivity index (χ4n) is 4.89. The molecule has 0 aromatic heterocycles. The summed E-state index contributed by atoms with van der Waals surface area (Å²) < 4.78 is 16.9. The molecule has 1 fully saturated rings. The van der Waals surface area contributed by atoms with Gasteiger partial charge in [0.2, 0.25) is 12.5 Å². The number of benzene rings is 1. The van der Waals surface area contributed by atoms with Gasteiger partial charge >= 0.3 is 0 Å². The molecule has 1 saturated heterocycles. The first-order valence-electron chi connectivity index (χ1n) is 7.84. The molecule has 1 aromatic rings. The lowest BCUT2D eigenvalue weighted by Gasteiger charge is -2.47. The van der Waals surface area contributed by atoms with Gasteiger partial charge in [-0.05, 0) is 31.0 Å². The van der Waals surface area contributed by atoms with Gasteiger partial charge in [0.15, 0.2) is 11.5 Å². The lowest BCUT2D eigenvalue weighted by Crippen LogP contribution is -2.54. The van der Waals surface area contributed by atoms with Crippen molar-refractivity contribution in [2.45, 2.75) is 36.9 Å². The Bertz CT molecular complexity index is 686. The number of rotatable bonds is 1. The summed E-state index contributed by atoms with van der Waals surface area (Å²) >= 11 is 0. The summed E-state index contributed by atoms with van der Waals surface area (Å²) in [7, 11) is 1.68. The predicted octanol–water partition coefficient (Wildman–Crippen LogP) is 1.57. The minimum atomic E-state index is -0.458. The van der Waals surface area contributed by atoms with E-state index in [1.807, 2.05) is 6.08 Å². The average molecular weight is 301 g/mol. The van der Waals surface area contributed by atoms with Gasteiger partial charge in [-0.2, -0.15) is 0 Å². The van der Waals surface area contributed by atoms with Crippen molar-refractivity contribution >= 4 is 0 Å². The van der Waals surface area contributed by atoms with Crippen molar-refractivity contribution in [1.29, 1.82) is 0 Å². The van der Waals surface area contributed by atoms with Gasteiger partial charge in [-0.25, -0.2) is 0 Å². The fraction of sp³-hybridized carbons (Fsp3) is 0.529. The number of aliphatic hydroxyl groups excluding tert-OH is 1. The van der Waals surface area contributed by atoms with Crippen LogP contribution in [0.1, 0.15) is 24.0 Å². The molecule has 2 bridgehead atoms. The van der Waals surface area contributed by atoms with Crippen molar-refractivity contribution in [2.24, 2.45) is 0 Å². The van der Waals surface area contributed by atoms with Crippen LogP contribution in [-0.4, -0.2) is 42.6 Å². The molecule has 0 spiro atoms. The molecule has 3 heterocycles. The van der Waals surface area contributed by atoms with Crippen molar-refractivity contribution in [3.63, 3.8) is 0 Å². The molecular formula is C17H19NO4. The molecule has 5 rings (SSSR count). The average Bonchev–Trinajstić information content (AvgIpc) is 3.09. The van der Waals surface area contributed by atoms with E-state index in [1.165, 1.54) is 5.56 Å². The minimum absolute atomic E-state index is 0.233. The van der Waals surface area contributed by atoms with Gasteiger partial charge in [-0.15, -0.1) is 0 Å². The van der Waals surface area contributed by atoms with E-state index < -0.39 is 6.10 Å². The number of hydrogen-bond donors (Lipinski definition) is 1. The van der Waals surface area contributed by atoms with Crippen LogP contribution in [0, 0.1) is 0 Å². The lowest BCUT2D eigenvalue weighted by atomic mass is 9.64. The van der Waals surface area contributed by atoms with Crippen molar-refractivity contribution in [2.75, 3.05) is 20.4 Å². The van der Waals surface area contributed by atoms with E-state index in [0.29, 0.717) is 11.8 Å². The zero-order chi connectivity index (χ0) is 14.9. The van der Waals surface area contributed by atoms with Crippen LogP contribution in [-0.2, 0) is 12.0 Å². The Morgan fingerprint density at radius 1 is 1.41 bits per heavy atom. The molecule has 22 heavy (non-hydrogen) atoms. The monoisotopic (exact) mass is 301 g/mol. The standard InChI is InChI=1S/C17H19NO4/c1-20-15-10-8-18-6-5-17(13(18)3-2-4-14(17)19)11(10)7-12-16(15)22-9-21-12/h2,4,7,13-14,19H,3,5-6,8-9H2,1H3/t13-,14-,17+/m1/s1. The molecular weight excluding hydrogens is 282 g/mol. The van der Waals surface area contributed by atoms with E-state index in [1.54, 1.807) is 7.11 Å². The normalized spacial score (nSPS) is 36.9. The highest BCUT2D eigenvalue weighted by atomic mass is 16.7. The molecule has 0 radical (unpaired) electrons. The molecule has 4 aliphatic rings. The lowest BCUT2D eigenvalue weighted by molar-refractivity contribution is 0.0627. The highest BCUT2D eigenvalue weighted by Gasteiger charge is 2.57. The summed E-state index contributed by atoms with van der Waals surface area (Å²) in [6, 6.07) is 2.45. The minimum Gasteiger partial charge on any atom is -0.492 e. The van der Waals surface area contributed by atoms with Crippen LogP contribution >= 0.6 is 0 Å². The third-order valence-electron chi connectivity index (χ3n) is 5.84. The Morgan fingerprint density at radius 2 is 2.32 bits per heavy atom. The maximum absolute atomic E-state index is 10.8. The van der Waals surface area contributed by atoms with Crippen LogP contribution in [0.2, 0.25) is 0 Å². The Kier molecular flexibility index (Phi) is 2.43. The molecule has 1 aliphatic carbocycles. The Morgan fingerprint density at radius 3 is 3.18 bits per heavy atom. The number of hydrogen-bond acceptors (Lipinski definition) is 5. The van der Waals surface area contributed by atoms with E-state index in [4.69, 9.17) is 14.2 Å². The highest BCUT2D eigenvalue weighted by molar-refractivity contribution is 5.64. The number of ether oxygens (including phenoxy) is 3. The molecule has 1 aromatic carbocycles.